The summed E-state index contributed by atoms with van der Waals surface area (Å²) < 4.78 is 1.28. The maximum Gasteiger partial charge on any atom is 0.000735 e. The van der Waals surface area contributed by atoms with Crippen LogP contribution in [0.15, 0.2) is 0 Å². The molecule has 0 aromatic heterocycles. The normalized spacial score (nSPS) is 10.7. The molecule has 86 valence electrons. The quantitative estimate of drug-likeness (QED) is 0.343. The van der Waals surface area contributed by atoms with Crippen LogP contribution in [0.4, 0.5) is 0 Å². The molecule has 0 fully saturated rings. The van der Waals surface area contributed by atoms with Crippen molar-refractivity contribution in [3.63, 3.8) is 0 Å². The van der Waals surface area contributed by atoms with Crippen molar-refractivity contribution >= 4 is 22.6 Å². The van der Waals surface area contributed by atoms with Crippen LogP contribution in [-0.4, -0.2) is 17.5 Å². The van der Waals surface area contributed by atoms with Gasteiger partial charge in [-0.2, -0.15) is 0 Å². The van der Waals surface area contributed by atoms with Gasteiger partial charge < -0.3 is 5.32 Å². The maximum absolute atomic E-state index is 3.48. The average molecular weight is 311 g/mol. The molecule has 0 aliphatic heterocycles. The van der Waals surface area contributed by atoms with Crippen molar-refractivity contribution in [3.8, 4) is 0 Å². The van der Waals surface area contributed by atoms with E-state index in [9.17, 15) is 0 Å². The molecule has 1 N–H and O–H groups in total. The zero-order chi connectivity index (χ0) is 10.5. The lowest BCUT2D eigenvalue weighted by Crippen LogP contribution is -2.16. The molecule has 0 aliphatic carbocycles. The molecular weight excluding hydrogens is 285 g/mol. The summed E-state index contributed by atoms with van der Waals surface area (Å²) in [5, 5.41) is 3.48. The molecule has 0 saturated heterocycles. The summed E-state index contributed by atoms with van der Waals surface area (Å²) in [6, 6.07) is 0. The Morgan fingerprint density at radius 2 is 1.36 bits per heavy atom. The summed E-state index contributed by atoms with van der Waals surface area (Å²) >= 11 is 2.43. The van der Waals surface area contributed by atoms with E-state index in [1.807, 2.05) is 0 Å². The SMILES string of the molecule is CCCCCCCCCNCCCI. The first-order valence-electron chi connectivity index (χ1n) is 6.18. The van der Waals surface area contributed by atoms with Crippen molar-refractivity contribution in [1.29, 1.82) is 0 Å². The third-order valence-corrected chi connectivity index (χ3v) is 3.21. The smallest absolute Gasteiger partial charge is 0.000735 e. The van der Waals surface area contributed by atoms with Gasteiger partial charge in [-0.15, -0.1) is 0 Å². The van der Waals surface area contributed by atoms with Crippen LogP contribution >= 0.6 is 22.6 Å². The van der Waals surface area contributed by atoms with Crippen LogP contribution < -0.4 is 5.32 Å². The van der Waals surface area contributed by atoms with Crippen LogP contribution in [0, 0.1) is 0 Å². The minimum Gasteiger partial charge on any atom is -0.317 e. The van der Waals surface area contributed by atoms with Gasteiger partial charge in [-0.05, 0) is 25.9 Å². The van der Waals surface area contributed by atoms with Crippen molar-refractivity contribution in [2.75, 3.05) is 17.5 Å². The monoisotopic (exact) mass is 311 g/mol. The van der Waals surface area contributed by atoms with E-state index < -0.39 is 0 Å². The molecule has 0 spiro atoms. The van der Waals surface area contributed by atoms with Crippen LogP contribution in [0.5, 0.6) is 0 Å². The molecule has 0 bridgehead atoms. The number of hydrogen-bond donors (Lipinski definition) is 1. The van der Waals surface area contributed by atoms with Gasteiger partial charge in [0.1, 0.15) is 0 Å². The Balaban J connectivity index is 2.78. The third kappa shape index (κ3) is 12.7. The molecule has 0 rings (SSSR count). The standard InChI is InChI=1S/C12H26IN/c1-2-3-4-5-6-7-8-11-14-12-9-10-13/h14H,2-12H2,1H3. The molecule has 0 saturated carbocycles. The Morgan fingerprint density at radius 3 is 2.00 bits per heavy atom. The summed E-state index contributed by atoms with van der Waals surface area (Å²) in [4.78, 5) is 0. The second kappa shape index (κ2) is 13.7. The summed E-state index contributed by atoms with van der Waals surface area (Å²) in [6.45, 7) is 4.71. The summed E-state index contributed by atoms with van der Waals surface area (Å²) in [6.07, 6.45) is 11.2. The van der Waals surface area contributed by atoms with E-state index in [0.29, 0.717) is 0 Å². The molecule has 0 aliphatic rings. The van der Waals surface area contributed by atoms with Crippen molar-refractivity contribution in [3.05, 3.63) is 0 Å². The second-order valence-corrected chi connectivity index (χ2v) is 4.99. The van der Waals surface area contributed by atoms with E-state index in [1.54, 1.807) is 0 Å². The van der Waals surface area contributed by atoms with Crippen molar-refractivity contribution < 1.29 is 0 Å². The molecule has 0 atom stereocenters. The van der Waals surface area contributed by atoms with Crippen molar-refractivity contribution in [2.24, 2.45) is 0 Å². The number of nitrogens with one attached hydrogen (secondary N) is 1. The van der Waals surface area contributed by atoms with Crippen LogP contribution in [0.25, 0.3) is 0 Å². The first-order chi connectivity index (χ1) is 6.91. The number of hydrogen-bond acceptors (Lipinski definition) is 1. The van der Waals surface area contributed by atoms with Gasteiger partial charge in [0.2, 0.25) is 0 Å². The summed E-state index contributed by atoms with van der Waals surface area (Å²) in [5.41, 5.74) is 0. The fourth-order valence-electron chi connectivity index (χ4n) is 1.52. The van der Waals surface area contributed by atoms with E-state index in [-0.39, 0.29) is 0 Å². The first-order valence-corrected chi connectivity index (χ1v) is 7.71. The Kier molecular flexibility index (Phi) is 14.4. The fourth-order valence-corrected chi connectivity index (χ4v) is 1.91. The van der Waals surface area contributed by atoms with Crippen LogP contribution in [-0.2, 0) is 0 Å². The summed E-state index contributed by atoms with van der Waals surface area (Å²) in [7, 11) is 0. The molecule has 14 heavy (non-hydrogen) atoms. The largest absolute Gasteiger partial charge is 0.317 e. The molecule has 0 aromatic carbocycles. The molecule has 2 heteroatoms. The van der Waals surface area contributed by atoms with Gasteiger partial charge in [0, 0.05) is 4.43 Å². The number of rotatable bonds is 11. The van der Waals surface area contributed by atoms with E-state index in [4.69, 9.17) is 0 Å². The van der Waals surface area contributed by atoms with Gasteiger partial charge in [0.05, 0.1) is 0 Å². The van der Waals surface area contributed by atoms with Crippen LogP contribution in [0.3, 0.4) is 0 Å². The Bertz CT molecular complexity index is 84.3. The zero-order valence-electron chi connectivity index (χ0n) is 9.66. The van der Waals surface area contributed by atoms with Crippen LogP contribution in [0.2, 0.25) is 0 Å². The highest BCUT2D eigenvalue weighted by Crippen LogP contribution is 2.06. The van der Waals surface area contributed by atoms with Gasteiger partial charge in [-0.25, -0.2) is 0 Å². The van der Waals surface area contributed by atoms with E-state index in [0.717, 1.165) is 0 Å². The Hall–Kier alpha value is 0.690. The predicted octanol–water partition coefficient (Wildman–Crippen LogP) is 4.15. The fraction of sp³-hybridized carbons (Fsp3) is 1.00. The minimum atomic E-state index is 1.21. The minimum absolute atomic E-state index is 1.21. The lowest BCUT2D eigenvalue weighted by molar-refractivity contribution is 0.562. The topological polar surface area (TPSA) is 12.0 Å². The second-order valence-electron chi connectivity index (χ2n) is 3.91. The Labute approximate surface area is 104 Å². The van der Waals surface area contributed by atoms with Gasteiger partial charge >= 0.3 is 0 Å². The molecule has 1 nitrogen and oxygen atoms in total. The van der Waals surface area contributed by atoms with Gasteiger partial charge in [-0.3, -0.25) is 0 Å². The lowest BCUT2D eigenvalue weighted by Gasteiger charge is -2.03. The highest BCUT2D eigenvalue weighted by Gasteiger charge is 1.90. The van der Waals surface area contributed by atoms with Gasteiger partial charge in [-0.1, -0.05) is 68.0 Å². The predicted molar refractivity (Wildman–Crippen MR) is 74.4 cm³/mol. The third-order valence-electron chi connectivity index (χ3n) is 2.44. The molecular formula is C12H26IN. The lowest BCUT2D eigenvalue weighted by atomic mass is 10.1. The van der Waals surface area contributed by atoms with E-state index >= 15 is 0 Å². The van der Waals surface area contributed by atoms with Crippen LogP contribution in [0.1, 0.15) is 58.3 Å². The average Bonchev–Trinajstić information content (AvgIpc) is 2.21. The number of halogens is 1. The summed E-state index contributed by atoms with van der Waals surface area (Å²) in [5.74, 6) is 0. The number of unbranched alkanes of at least 4 members (excludes halogenated alkanes) is 6. The highest BCUT2D eigenvalue weighted by molar-refractivity contribution is 14.1. The number of alkyl halides is 1. The highest BCUT2D eigenvalue weighted by atomic mass is 127. The molecule has 0 radical (unpaired) electrons. The first kappa shape index (κ1) is 14.7. The Morgan fingerprint density at radius 1 is 0.786 bits per heavy atom. The van der Waals surface area contributed by atoms with E-state index in [2.05, 4.69) is 34.8 Å². The van der Waals surface area contributed by atoms with Crippen molar-refractivity contribution in [2.45, 2.75) is 58.3 Å². The van der Waals surface area contributed by atoms with Crippen molar-refractivity contribution in [1.82, 2.24) is 5.32 Å². The maximum atomic E-state index is 3.48. The van der Waals surface area contributed by atoms with Gasteiger partial charge in [0.15, 0.2) is 0 Å². The molecule has 0 amide bonds. The van der Waals surface area contributed by atoms with Gasteiger partial charge in [0.25, 0.3) is 0 Å². The molecule has 0 heterocycles. The zero-order valence-corrected chi connectivity index (χ0v) is 11.8. The molecule has 0 aromatic rings. The molecule has 0 unspecified atom stereocenters. The van der Waals surface area contributed by atoms with E-state index in [1.165, 1.54) is 68.9 Å².